The van der Waals surface area contributed by atoms with Gasteiger partial charge in [-0.15, -0.1) is 0 Å². The molecular weight excluding hydrogens is 364 g/mol. The second-order valence-corrected chi connectivity index (χ2v) is 8.14. The van der Waals surface area contributed by atoms with Gasteiger partial charge in [0.15, 0.2) is 0 Å². The molecule has 0 spiro atoms. The minimum absolute atomic E-state index is 0.172. The maximum Gasteiger partial charge on any atom is 0.348 e. The first kappa shape index (κ1) is 18.1. The van der Waals surface area contributed by atoms with Crippen molar-refractivity contribution in [3.63, 3.8) is 0 Å². The van der Waals surface area contributed by atoms with Gasteiger partial charge >= 0.3 is 5.69 Å². The van der Waals surface area contributed by atoms with Gasteiger partial charge in [-0.05, 0) is 43.5 Å². The zero-order valence-corrected chi connectivity index (χ0v) is 16.4. The van der Waals surface area contributed by atoms with E-state index in [1.807, 2.05) is 10.6 Å². The van der Waals surface area contributed by atoms with Gasteiger partial charge in [-0.25, -0.2) is 14.8 Å². The molecular formula is C22H26N6O. The molecule has 5 rings (SSSR count). The minimum Gasteiger partial charge on any atom is -0.370 e. The number of anilines is 3. The monoisotopic (exact) mass is 390 g/mol. The third-order valence-corrected chi connectivity index (χ3v) is 6.11. The highest BCUT2D eigenvalue weighted by atomic mass is 16.1. The van der Waals surface area contributed by atoms with Crippen LogP contribution in [0, 0.1) is 0 Å². The Balaban J connectivity index is 1.42. The SMILES string of the molecule is NC1CCN(c2ccc(Nc3cc4c(cn3)cnc(=O)n4C3CCCC3)cc2)C1. The highest BCUT2D eigenvalue weighted by Gasteiger charge is 2.21. The van der Waals surface area contributed by atoms with Gasteiger partial charge in [-0.2, -0.15) is 0 Å². The molecule has 3 N–H and O–H groups in total. The molecule has 29 heavy (non-hydrogen) atoms. The topological polar surface area (TPSA) is 89.1 Å². The summed E-state index contributed by atoms with van der Waals surface area (Å²) in [4.78, 5) is 23.4. The third-order valence-electron chi connectivity index (χ3n) is 6.11. The molecule has 3 aromatic rings. The summed E-state index contributed by atoms with van der Waals surface area (Å²) in [5.74, 6) is 0.728. The molecule has 0 bridgehead atoms. The van der Waals surface area contributed by atoms with E-state index in [1.165, 1.54) is 5.69 Å². The molecule has 2 aliphatic rings. The predicted molar refractivity (Wildman–Crippen MR) is 116 cm³/mol. The van der Waals surface area contributed by atoms with Crippen LogP contribution >= 0.6 is 0 Å². The summed E-state index contributed by atoms with van der Waals surface area (Å²) in [7, 11) is 0. The van der Waals surface area contributed by atoms with Gasteiger partial charge in [0.2, 0.25) is 0 Å². The Hall–Kier alpha value is -2.93. The van der Waals surface area contributed by atoms with Crippen molar-refractivity contribution in [3.8, 4) is 0 Å². The molecule has 150 valence electrons. The van der Waals surface area contributed by atoms with Gasteiger partial charge in [0, 0.05) is 60.4 Å². The number of rotatable bonds is 4. The fraction of sp³-hybridized carbons (Fsp3) is 0.409. The molecule has 1 saturated carbocycles. The number of benzene rings is 1. The van der Waals surface area contributed by atoms with E-state index >= 15 is 0 Å². The Kier molecular flexibility index (Phi) is 4.67. The van der Waals surface area contributed by atoms with Crippen molar-refractivity contribution in [2.24, 2.45) is 5.73 Å². The number of nitrogens with one attached hydrogen (secondary N) is 1. The molecule has 2 aromatic heterocycles. The molecule has 0 amide bonds. The van der Waals surface area contributed by atoms with Crippen LogP contribution in [0.1, 0.15) is 38.1 Å². The first-order valence-corrected chi connectivity index (χ1v) is 10.4. The van der Waals surface area contributed by atoms with Crippen molar-refractivity contribution < 1.29 is 0 Å². The maximum atomic E-state index is 12.5. The molecule has 7 heteroatoms. The molecule has 0 radical (unpaired) electrons. The number of hydrogen-bond acceptors (Lipinski definition) is 6. The number of nitrogens with two attached hydrogens (primary N) is 1. The average molecular weight is 390 g/mol. The molecule has 7 nitrogen and oxygen atoms in total. The average Bonchev–Trinajstić information content (AvgIpc) is 3.40. The molecule has 1 saturated heterocycles. The Morgan fingerprint density at radius 1 is 1.03 bits per heavy atom. The first-order valence-electron chi connectivity index (χ1n) is 10.4. The zero-order valence-electron chi connectivity index (χ0n) is 16.4. The summed E-state index contributed by atoms with van der Waals surface area (Å²) in [5, 5.41) is 4.26. The Morgan fingerprint density at radius 2 is 1.79 bits per heavy atom. The van der Waals surface area contributed by atoms with Crippen LogP contribution in [0.5, 0.6) is 0 Å². The summed E-state index contributed by atoms with van der Waals surface area (Å²) >= 11 is 0. The van der Waals surface area contributed by atoms with E-state index in [-0.39, 0.29) is 17.8 Å². The molecule has 1 atom stereocenters. The van der Waals surface area contributed by atoms with E-state index < -0.39 is 0 Å². The van der Waals surface area contributed by atoms with E-state index in [4.69, 9.17) is 5.73 Å². The largest absolute Gasteiger partial charge is 0.370 e. The second kappa shape index (κ2) is 7.48. The van der Waals surface area contributed by atoms with Gasteiger partial charge in [0.25, 0.3) is 0 Å². The van der Waals surface area contributed by atoms with Crippen LogP contribution < -0.4 is 21.6 Å². The molecule has 1 aliphatic carbocycles. The molecule has 1 unspecified atom stereocenters. The highest BCUT2D eigenvalue weighted by molar-refractivity contribution is 5.80. The quantitative estimate of drug-likeness (QED) is 0.711. The number of pyridine rings is 1. The highest BCUT2D eigenvalue weighted by Crippen LogP contribution is 2.31. The van der Waals surface area contributed by atoms with Crippen LogP contribution in [0.3, 0.4) is 0 Å². The van der Waals surface area contributed by atoms with E-state index in [0.717, 1.165) is 67.6 Å². The van der Waals surface area contributed by atoms with Gasteiger partial charge in [-0.1, -0.05) is 12.8 Å². The molecule has 3 heterocycles. The van der Waals surface area contributed by atoms with Crippen LogP contribution in [0.2, 0.25) is 0 Å². The van der Waals surface area contributed by atoms with Crippen LogP contribution in [-0.4, -0.2) is 33.7 Å². The fourth-order valence-corrected chi connectivity index (χ4v) is 4.56. The van der Waals surface area contributed by atoms with E-state index in [2.05, 4.69) is 44.5 Å². The van der Waals surface area contributed by atoms with Gasteiger partial charge in [0.1, 0.15) is 5.82 Å². The van der Waals surface area contributed by atoms with Crippen molar-refractivity contribution in [3.05, 3.63) is 53.2 Å². The molecule has 1 aliphatic heterocycles. The summed E-state index contributed by atoms with van der Waals surface area (Å²) in [6, 6.07) is 10.8. The number of aromatic nitrogens is 3. The van der Waals surface area contributed by atoms with Crippen molar-refractivity contribution in [1.82, 2.24) is 14.5 Å². The second-order valence-electron chi connectivity index (χ2n) is 8.14. The van der Waals surface area contributed by atoms with Crippen molar-refractivity contribution in [2.45, 2.75) is 44.2 Å². The Bertz CT molecular complexity index is 1070. The van der Waals surface area contributed by atoms with Gasteiger partial charge < -0.3 is 16.0 Å². The van der Waals surface area contributed by atoms with Gasteiger partial charge in [0.05, 0.1) is 5.52 Å². The van der Waals surface area contributed by atoms with Crippen LogP contribution in [0.4, 0.5) is 17.2 Å². The zero-order chi connectivity index (χ0) is 19.8. The lowest BCUT2D eigenvalue weighted by atomic mass is 10.2. The smallest absolute Gasteiger partial charge is 0.348 e. The standard InChI is InChI=1S/C22H26N6O/c23-16-9-10-27(14-16)18-7-5-17(6-8-18)26-21-11-20-15(12-24-21)13-25-22(29)28(20)19-3-1-2-4-19/h5-8,11-13,16,19H,1-4,9-10,14,23H2,(H,24,26). The summed E-state index contributed by atoms with van der Waals surface area (Å²) in [6.45, 7) is 1.92. The summed E-state index contributed by atoms with van der Waals surface area (Å²) < 4.78 is 1.86. The summed E-state index contributed by atoms with van der Waals surface area (Å²) in [5.41, 5.74) is 8.90. The molecule has 1 aromatic carbocycles. The van der Waals surface area contributed by atoms with E-state index in [9.17, 15) is 4.79 Å². The predicted octanol–water partition coefficient (Wildman–Crippen LogP) is 3.19. The number of hydrogen-bond donors (Lipinski definition) is 2. The lowest BCUT2D eigenvalue weighted by Crippen LogP contribution is -2.26. The maximum absolute atomic E-state index is 12.5. The first-order chi connectivity index (χ1) is 14.2. The molecule has 2 fully saturated rings. The van der Waals surface area contributed by atoms with Gasteiger partial charge in [-0.3, -0.25) is 4.57 Å². The number of nitrogens with zero attached hydrogens (tertiary/aromatic N) is 4. The van der Waals surface area contributed by atoms with Crippen LogP contribution in [0.15, 0.2) is 47.5 Å². The third kappa shape index (κ3) is 3.58. The van der Waals surface area contributed by atoms with Crippen LogP contribution in [-0.2, 0) is 0 Å². The lowest BCUT2D eigenvalue weighted by molar-refractivity contribution is 0.510. The Labute approximate surface area is 169 Å². The summed E-state index contributed by atoms with van der Waals surface area (Å²) in [6.07, 6.45) is 8.85. The van der Waals surface area contributed by atoms with Crippen molar-refractivity contribution in [1.29, 1.82) is 0 Å². The van der Waals surface area contributed by atoms with E-state index in [0.29, 0.717) is 0 Å². The minimum atomic E-state index is -0.172. The van der Waals surface area contributed by atoms with E-state index in [1.54, 1.807) is 12.4 Å². The number of fused-ring (bicyclic) bond motifs is 1. The fourth-order valence-electron chi connectivity index (χ4n) is 4.56. The lowest BCUT2D eigenvalue weighted by Gasteiger charge is -2.19. The van der Waals surface area contributed by atoms with Crippen molar-refractivity contribution in [2.75, 3.05) is 23.3 Å². The van der Waals surface area contributed by atoms with Crippen LogP contribution in [0.25, 0.3) is 10.9 Å². The van der Waals surface area contributed by atoms with Crippen molar-refractivity contribution >= 4 is 28.1 Å². The Morgan fingerprint density at radius 3 is 2.52 bits per heavy atom. The normalized spacial score (nSPS) is 19.9.